The molecule has 2 aliphatic rings. The molecule has 4 atom stereocenters. The van der Waals surface area contributed by atoms with Crippen LogP contribution >= 0.6 is 0 Å². The second-order valence-electron chi connectivity index (χ2n) is 14.4. The molecule has 3 aromatic heterocycles. The van der Waals surface area contributed by atoms with Gasteiger partial charge in [0.25, 0.3) is 0 Å². The molecule has 3 amide bonds. The Balaban J connectivity index is 0.999. The smallest absolute Gasteiger partial charge is 0.407 e. The number of carbonyl (C=O) groups is 3. The van der Waals surface area contributed by atoms with Crippen LogP contribution in [0.2, 0.25) is 0 Å². The average molecular weight is 731 g/mol. The Labute approximate surface area is 314 Å². The van der Waals surface area contributed by atoms with Gasteiger partial charge >= 0.3 is 6.09 Å². The first kappa shape index (κ1) is 36.3. The lowest BCUT2D eigenvalue weighted by molar-refractivity contribution is -0.136. The number of likely N-dealkylation sites (N-methyl/N-ethyl adjacent to an activating group) is 1. The molecule has 14 heteroatoms. The van der Waals surface area contributed by atoms with Crippen molar-refractivity contribution < 1.29 is 19.5 Å². The highest BCUT2D eigenvalue weighted by molar-refractivity contribution is 5.86. The highest BCUT2D eigenvalue weighted by atomic mass is 16.4. The van der Waals surface area contributed by atoms with Crippen LogP contribution < -0.4 is 5.32 Å². The van der Waals surface area contributed by atoms with Gasteiger partial charge in [-0.05, 0) is 66.8 Å². The minimum Gasteiger partial charge on any atom is -0.465 e. The molecule has 2 aromatic carbocycles. The van der Waals surface area contributed by atoms with Crippen molar-refractivity contribution >= 4 is 23.9 Å². The van der Waals surface area contributed by atoms with Crippen LogP contribution in [0.15, 0.2) is 79.4 Å². The average Bonchev–Trinajstić information content (AvgIpc) is 4.03. The number of aromatic amines is 2. The van der Waals surface area contributed by atoms with Gasteiger partial charge in [0.2, 0.25) is 17.8 Å². The molecule has 7 rings (SSSR count). The Bertz CT molecular complexity index is 2080. The third kappa shape index (κ3) is 7.41. The number of nitrogens with one attached hydrogen (secondary N) is 3. The summed E-state index contributed by atoms with van der Waals surface area (Å²) in [5.41, 5.74) is 5.84. The summed E-state index contributed by atoms with van der Waals surface area (Å²) < 4.78 is 0. The molecule has 2 saturated heterocycles. The SMILES string of the molecule is CC(C)[C@H](Nc1ncccn1)C(=O)N1CCC[C@H]1c1ncc(-c2ccc(-c3ccc(-c4cnc([C@@H]5CCCN5C(=O)[C@H](C)N(C)C(=O)O)[nH]4)cc3)cc2)[nH]1. The van der Waals surface area contributed by atoms with Crippen molar-refractivity contribution in [2.24, 2.45) is 5.92 Å². The predicted octanol–water partition coefficient (Wildman–Crippen LogP) is 6.39. The van der Waals surface area contributed by atoms with Gasteiger partial charge < -0.3 is 30.2 Å². The zero-order valence-corrected chi connectivity index (χ0v) is 30.9. The second kappa shape index (κ2) is 15.5. The van der Waals surface area contributed by atoms with E-state index in [1.165, 1.54) is 7.05 Å². The summed E-state index contributed by atoms with van der Waals surface area (Å²) in [6.07, 6.45) is 9.14. The molecule has 0 saturated carbocycles. The first-order chi connectivity index (χ1) is 26.1. The van der Waals surface area contributed by atoms with Crippen LogP contribution in [0.3, 0.4) is 0 Å². The van der Waals surface area contributed by atoms with Crippen molar-refractivity contribution in [1.29, 1.82) is 0 Å². The number of imidazole rings is 2. The summed E-state index contributed by atoms with van der Waals surface area (Å²) in [6.45, 7) is 6.89. The van der Waals surface area contributed by atoms with E-state index in [0.717, 1.165) is 70.0 Å². The van der Waals surface area contributed by atoms with Gasteiger partial charge in [-0.1, -0.05) is 62.4 Å². The Hall–Kier alpha value is -6.05. The maximum Gasteiger partial charge on any atom is 0.407 e. The van der Waals surface area contributed by atoms with E-state index in [1.54, 1.807) is 36.5 Å². The molecule has 5 heterocycles. The third-order valence-corrected chi connectivity index (χ3v) is 10.6. The molecular weight excluding hydrogens is 685 g/mol. The van der Waals surface area contributed by atoms with Gasteiger partial charge in [0.05, 0.1) is 35.9 Å². The quantitative estimate of drug-likeness (QED) is 0.120. The minimum absolute atomic E-state index is 0.0195. The van der Waals surface area contributed by atoms with Crippen molar-refractivity contribution in [2.45, 2.75) is 70.6 Å². The lowest BCUT2D eigenvalue weighted by Crippen LogP contribution is -2.47. The molecule has 4 N–H and O–H groups in total. The van der Waals surface area contributed by atoms with Crippen LogP contribution in [0.25, 0.3) is 33.6 Å². The molecule has 5 aromatic rings. The zero-order valence-electron chi connectivity index (χ0n) is 30.9. The number of rotatable bonds is 11. The molecule has 2 fully saturated rings. The number of hydrogen-bond donors (Lipinski definition) is 4. The number of likely N-dealkylation sites (tertiary alicyclic amines) is 2. The fourth-order valence-corrected chi connectivity index (χ4v) is 7.40. The molecule has 0 spiro atoms. The highest BCUT2D eigenvalue weighted by Crippen LogP contribution is 2.35. The fraction of sp³-hybridized carbons (Fsp3) is 0.375. The Kier molecular flexibility index (Phi) is 10.4. The number of H-pyrrole nitrogens is 2. The summed E-state index contributed by atoms with van der Waals surface area (Å²) in [5, 5.41) is 12.6. The monoisotopic (exact) mass is 730 g/mol. The first-order valence-electron chi connectivity index (χ1n) is 18.5. The van der Waals surface area contributed by atoms with Crippen molar-refractivity contribution in [3.05, 3.63) is 91.0 Å². The van der Waals surface area contributed by atoms with Crippen LogP contribution in [-0.4, -0.2) is 99.8 Å². The second-order valence-corrected chi connectivity index (χ2v) is 14.4. The third-order valence-electron chi connectivity index (χ3n) is 10.6. The van der Waals surface area contributed by atoms with E-state index in [9.17, 15) is 19.5 Å². The first-order valence-corrected chi connectivity index (χ1v) is 18.5. The maximum atomic E-state index is 13.8. The lowest BCUT2D eigenvalue weighted by atomic mass is 10.0. The molecule has 2 aliphatic heterocycles. The summed E-state index contributed by atoms with van der Waals surface area (Å²) in [5.74, 6) is 1.76. The lowest BCUT2D eigenvalue weighted by Gasteiger charge is -2.30. The molecule has 280 valence electrons. The summed E-state index contributed by atoms with van der Waals surface area (Å²) in [4.78, 5) is 67.8. The van der Waals surface area contributed by atoms with Gasteiger partial charge in [0, 0.05) is 32.5 Å². The standard InChI is InChI=1S/C40H46N10O4/c1-24(2)34(47-39-41-18-7-19-42-39)38(52)50-21-6-9-33(50)36-44-23-31(46-36)29-16-12-27(13-17-29)26-10-14-28(15-11-26)30-22-43-35(45-30)32-8-5-20-49(32)37(51)25(3)48(4)40(53)54/h7,10-19,22-25,32-34H,5-6,8-9,20-21H2,1-4H3,(H,43,45)(H,44,46)(H,53,54)(H,41,42,47)/t25-,32-,33-,34-/m0/s1. The molecule has 54 heavy (non-hydrogen) atoms. The van der Waals surface area contributed by atoms with Gasteiger partial charge in [-0.15, -0.1) is 0 Å². The highest BCUT2D eigenvalue weighted by Gasteiger charge is 2.38. The van der Waals surface area contributed by atoms with E-state index in [4.69, 9.17) is 4.98 Å². The van der Waals surface area contributed by atoms with Crippen LogP contribution in [0.4, 0.5) is 10.7 Å². The number of hydrogen-bond acceptors (Lipinski definition) is 8. The van der Waals surface area contributed by atoms with Gasteiger partial charge in [-0.25, -0.2) is 24.7 Å². The van der Waals surface area contributed by atoms with Crippen LogP contribution in [0.5, 0.6) is 0 Å². The van der Waals surface area contributed by atoms with E-state index in [1.807, 2.05) is 37.1 Å². The van der Waals surface area contributed by atoms with Crippen molar-refractivity contribution in [3.8, 4) is 33.6 Å². The van der Waals surface area contributed by atoms with E-state index in [-0.39, 0.29) is 29.8 Å². The molecule has 0 radical (unpaired) electrons. The van der Waals surface area contributed by atoms with Gasteiger partial charge in [-0.2, -0.15) is 0 Å². The number of carboxylic acid groups (broad SMARTS) is 1. The Morgan fingerprint density at radius 3 is 1.67 bits per heavy atom. The van der Waals surface area contributed by atoms with Crippen molar-refractivity contribution in [1.82, 2.24) is 44.6 Å². The fourth-order valence-electron chi connectivity index (χ4n) is 7.40. The molecule has 0 unspecified atom stereocenters. The van der Waals surface area contributed by atoms with Gasteiger partial charge in [0.1, 0.15) is 23.7 Å². The largest absolute Gasteiger partial charge is 0.465 e. The summed E-state index contributed by atoms with van der Waals surface area (Å²) in [7, 11) is 1.41. The van der Waals surface area contributed by atoms with Crippen LogP contribution in [0.1, 0.15) is 70.2 Å². The van der Waals surface area contributed by atoms with E-state index in [0.29, 0.717) is 24.9 Å². The summed E-state index contributed by atoms with van der Waals surface area (Å²) >= 11 is 0. The maximum absolute atomic E-state index is 13.8. The number of aromatic nitrogens is 6. The Morgan fingerprint density at radius 1 is 0.741 bits per heavy atom. The topological polar surface area (TPSA) is 176 Å². The number of benzene rings is 2. The summed E-state index contributed by atoms with van der Waals surface area (Å²) in [6, 6.07) is 16.7. The number of anilines is 1. The zero-order chi connectivity index (χ0) is 37.9. The number of nitrogens with zero attached hydrogens (tertiary/aromatic N) is 7. The number of amides is 3. The van der Waals surface area contributed by atoms with Crippen molar-refractivity contribution in [3.63, 3.8) is 0 Å². The molecule has 0 aliphatic carbocycles. The molecular formula is C40H46N10O4. The van der Waals surface area contributed by atoms with E-state index >= 15 is 0 Å². The van der Waals surface area contributed by atoms with Crippen LogP contribution in [-0.2, 0) is 9.59 Å². The molecule has 14 nitrogen and oxygen atoms in total. The van der Waals surface area contributed by atoms with E-state index < -0.39 is 18.2 Å². The van der Waals surface area contributed by atoms with E-state index in [2.05, 4.69) is 66.6 Å². The van der Waals surface area contributed by atoms with Crippen LogP contribution in [0, 0.1) is 5.92 Å². The van der Waals surface area contributed by atoms with Gasteiger partial charge in [0.15, 0.2) is 0 Å². The van der Waals surface area contributed by atoms with Gasteiger partial charge in [-0.3, -0.25) is 14.5 Å². The minimum atomic E-state index is -1.13. The van der Waals surface area contributed by atoms with Crippen molar-refractivity contribution in [2.75, 3.05) is 25.5 Å². The Morgan fingerprint density at radius 2 is 1.20 bits per heavy atom. The predicted molar refractivity (Wildman–Crippen MR) is 204 cm³/mol. The number of carbonyl (C=O) groups excluding carboxylic acids is 2. The normalized spacial score (nSPS) is 18.2. The molecule has 0 bridgehead atoms.